The second kappa shape index (κ2) is 5.27. The van der Waals surface area contributed by atoms with Gasteiger partial charge in [-0.25, -0.2) is 13.6 Å². The van der Waals surface area contributed by atoms with Crippen LogP contribution in [0.15, 0.2) is 48.5 Å². The molecule has 0 heterocycles. The molecule has 92 valence electrons. The summed E-state index contributed by atoms with van der Waals surface area (Å²) < 4.78 is 26.1. The van der Waals surface area contributed by atoms with Crippen molar-refractivity contribution in [3.05, 3.63) is 60.2 Å². The van der Waals surface area contributed by atoms with Crippen LogP contribution in [-0.2, 0) is 0 Å². The summed E-state index contributed by atoms with van der Waals surface area (Å²) in [6.45, 7) is 0. The molecule has 0 bridgehead atoms. The summed E-state index contributed by atoms with van der Waals surface area (Å²) in [5, 5.41) is 4.73. The van der Waals surface area contributed by atoms with Gasteiger partial charge in [0.05, 0.1) is 5.69 Å². The van der Waals surface area contributed by atoms with E-state index < -0.39 is 17.7 Å². The van der Waals surface area contributed by atoms with Gasteiger partial charge in [-0.15, -0.1) is 0 Å². The van der Waals surface area contributed by atoms with Crippen LogP contribution in [0.2, 0.25) is 0 Å². The van der Waals surface area contributed by atoms with Crippen molar-refractivity contribution in [2.24, 2.45) is 0 Å². The van der Waals surface area contributed by atoms with Crippen LogP contribution in [0.25, 0.3) is 0 Å². The lowest BCUT2D eigenvalue weighted by atomic mass is 10.3. The monoisotopic (exact) mass is 248 g/mol. The van der Waals surface area contributed by atoms with Crippen molar-refractivity contribution in [3.63, 3.8) is 0 Å². The molecule has 0 aliphatic carbocycles. The third-order valence-corrected chi connectivity index (χ3v) is 2.20. The van der Waals surface area contributed by atoms with Crippen LogP contribution in [0.3, 0.4) is 0 Å². The minimum atomic E-state index is -0.634. The summed E-state index contributed by atoms with van der Waals surface area (Å²) in [6, 6.07) is 10.6. The smallest absolute Gasteiger partial charge is 0.308 e. The Hall–Kier alpha value is -2.43. The van der Waals surface area contributed by atoms with Crippen molar-refractivity contribution in [1.82, 2.24) is 0 Å². The molecule has 2 N–H and O–H groups in total. The number of nitrogens with one attached hydrogen (secondary N) is 2. The Morgan fingerprint density at radius 2 is 1.72 bits per heavy atom. The predicted molar refractivity (Wildman–Crippen MR) is 65.4 cm³/mol. The zero-order valence-corrected chi connectivity index (χ0v) is 9.28. The fraction of sp³-hybridized carbons (Fsp3) is 0. The number of carbonyl (C=O) groups excluding carboxylic acids is 1. The summed E-state index contributed by atoms with van der Waals surface area (Å²) in [7, 11) is 0. The first-order valence-corrected chi connectivity index (χ1v) is 5.23. The van der Waals surface area contributed by atoms with Gasteiger partial charge >= 0.3 is 6.03 Å². The molecule has 2 aromatic rings. The van der Waals surface area contributed by atoms with Crippen LogP contribution in [-0.4, -0.2) is 6.03 Å². The van der Waals surface area contributed by atoms with Gasteiger partial charge in [-0.1, -0.05) is 18.2 Å². The van der Waals surface area contributed by atoms with Gasteiger partial charge in [0.15, 0.2) is 0 Å². The van der Waals surface area contributed by atoms with Crippen LogP contribution in [0, 0.1) is 11.6 Å². The molecule has 0 aromatic heterocycles. The van der Waals surface area contributed by atoms with Crippen molar-refractivity contribution in [3.8, 4) is 0 Å². The van der Waals surface area contributed by atoms with E-state index in [1.165, 1.54) is 42.5 Å². The van der Waals surface area contributed by atoms with Gasteiger partial charge in [0.2, 0.25) is 0 Å². The third-order valence-electron chi connectivity index (χ3n) is 2.20. The van der Waals surface area contributed by atoms with Crippen LogP contribution in [0.5, 0.6) is 0 Å². The van der Waals surface area contributed by atoms with E-state index in [0.717, 1.165) is 0 Å². The minimum absolute atomic E-state index is 0.0615. The first-order valence-electron chi connectivity index (χ1n) is 5.23. The maximum atomic E-state index is 13.3. The molecule has 0 atom stereocenters. The molecule has 5 heteroatoms. The summed E-state index contributed by atoms with van der Waals surface area (Å²) >= 11 is 0. The fourth-order valence-electron chi connectivity index (χ4n) is 1.41. The van der Waals surface area contributed by atoms with Crippen LogP contribution in [0.1, 0.15) is 0 Å². The Kier molecular flexibility index (Phi) is 3.52. The second-order valence-electron chi connectivity index (χ2n) is 3.57. The molecule has 18 heavy (non-hydrogen) atoms. The first kappa shape index (κ1) is 12.0. The molecule has 0 saturated heterocycles. The first-order chi connectivity index (χ1) is 8.65. The highest BCUT2D eigenvalue weighted by molar-refractivity contribution is 5.99. The molecule has 3 nitrogen and oxygen atoms in total. The van der Waals surface area contributed by atoms with Crippen LogP contribution >= 0.6 is 0 Å². The average Bonchev–Trinajstić information content (AvgIpc) is 2.32. The van der Waals surface area contributed by atoms with E-state index in [9.17, 15) is 13.6 Å². The van der Waals surface area contributed by atoms with Gasteiger partial charge in [-0.3, -0.25) is 0 Å². The number of anilines is 2. The Morgan fingerprint density at radius 1 is 0.944 bits per heavy atom. The Labute approximate surface area is 102 Å². The van der Waals surface area contributed by atoms with E-state index >= 15 is 0 Å². The number of hydrogen-bond donors (Lipinski definition) is 2. The maximum Gasteiger partial charge on any atom is 0.323 e. The van der Waals surface area contributed by atoms with Gasteiger partial charge in [0.1, 0.15) is 11.6 Å². The normalized spacial score (nSPS) is 9.89. The summed E-state index contributed by atoms with van der Waals surface area (Å²) in [5.41, 5.74) is 0.357. The lowest BCUT2D eigenvalue weighted by Crippen LogP contribution is -2.20. The average molecular weight is 248 g/mol. The minimum Gasteiger partial charge on any atom is -0.308 e. The highest BCUT2D eigenvalue weighted by atomic mass is 19.1. The van der Waals surface area contributed by atoms with Crippen molar-refractivity contribution < 1.29 is 13.6 Å². The Balaban J connectivity index is 2.03. The zero-order chi connectivity index (χ0) is 13.0. The molecule has 0 aliphatic rings. The lowest BCUT2D eigenvalue weighted by molar-refractivity contribution is 0.262. The highest BCUT2D eigenvalue weighted by Gasteiger charge is 2.06. The molecule has 0 radical (unpaired) electrons. The van der Waals surface area contributed by atoms with E-state index in [0.29, 0.717) is 5.69 Å². The molecular formula is C13H10F2N2O. The van der Waals surface area contributed by atoms with Gasteiger partial charge in [0.25, 0.3) is 0 Å². The van der Waals surface area contributed by atoms with Crippen molar-refractivity contribution in [1.29, 1.82) is 0 Å². The number of hydrogen-bond acceptors (Lipinski definition) is 1. The summed E-state index contributed by atoms with van der Waals surface area (Å²) in [5.74, 6) is -0.995. The van der Waals surface area contributed by atoms with Gasteiger partial charge in [-0.2, -0.15) is 0 Å². The standard InChI is InChI=1S/C13H10F2N2O/c14-9-4-3-5-10(8-9)16-13(18)17-12-7-2-1-6-11(12)15/h1-8H,(H2,16,17,18). The molecule has 0 fully saturated rings. The van der Waals surface area contributed by atoms with Gasteiger partial charge < -0.3 is 10.6 Å². The number of para-hydroxylation sites is 1. The fourth-order valence-corrected chi connectivity index (χ4v) is 1.41. The van der Waals surface area contributed by atoms with E-state index in [2.05, 4.69) is 10.6 Å². The van der Waals surface area contributed by atoms with E-state index in [4.69, 9.17) is 0 Å². The van der Waals surface area contributed by atoms with Gasteiger partial charge in [0, 0.05) is 5.69 Å². The van der Waals surface area contributed by atoms with E-state index in [1.807, 2.05) is 0 Å². The molecule has 0 aliphatic heterocycles. The molecule has 0 unspecified atom stereocenters. The zero-order valence-electron chi connectivity index (χ0n) is 9.28. The van der Waals surface area contributed by atoms with Crippen LogP contribution < -0.4 is 10.6 Å². The Morgan fingerprint density at radius 3 is 2.44 bits per heavy atom. The molecule has 0 saturated carbocycles. The SMILES string of the molecule is O=C(Nc1cccc(F)c1)Nc1ccccc1F. The number of rotatable bonds is 2. The number of halogens is 2. The number of benzene rings is 2. The van der Waals surface area contributed by atoms with Crippen molar-refractivity contribution >= 4 is 17.4 Å². The third kappa shape index (κ3) is 3.04. The van der Waals surface area contributed by atoms with Crippen LogP contribution in [0.4, 0.5) is 25.0 Å². The quantitative estimate of drug-likeness (QED) is 0.837. The topological polar surface area (TPSA) is 41.1 Å². The second-order valence-corrected chi connectivity index (χ2v) is 3.57. The van der Waals surface area contributed by atoms with Crippen molar-refractivity contribution in [2.75, 3.05) is 10.6 Å². The number of carbonyl (C=O) groups is 1. The molecule has 2 rings (SSSR count). The number of urea groups is 1. The summed E-state index contributed by atoms with van der Waals surface area (Å²) in [6.07, 6.45) is 0. The highest BCUT2D eigenvalue weighted by Crippen LogP contribution is 2.14. The summed E-state index contributed by atoms with van der Waals surface area (Å²) in [4.78, 5) is 11.5. The molecule has 2 aromatic carbocycles. The largest absolute Gasteiger partial charge is 0.323 e. The van der Waals surface area contributed by atoms with Gasteiger partial charge in [-0.05, 0) is 30.3 Å². The van der Waals surface area contributed by atoms with E-state index in [1.54, 1.807) is 6.07 Å². The Bertz CT molecular complexity index is 572. The van der Waals surface area contributed by atoms with Crippen molar-refractivity contribution in [2.45, 2.75) is 0 Å². The molecule has 0 spiro atoms. The van der Waals surface area contributed by atoms with E-state index in [-0.39, 0.29) is 5.69 Å². The maximum absolute atomic E-state index is 13.3. The predicted octanol–water partition coefficient (Wildman–Crippen LogP) is 3.61. The lowest BCUT2D eigenvalue weighted by Gasteiger charge is -2.08. The molecular weight excluding hydrogens is 238 g/mol. The number of amides is 2. The molecule has 2 amide bonds.